The molecule has 1 aromatic carbocycles. The van der Waals surface area contributed by atoms with E-state index in [-0.39, 0.29) is 4.60 Å². The third-order valence-electron chi connectivity index (χ3n) is 2.23. The van der Waals surface area contributed by atoms with E-state index in [9.17, 15) is 17.2 Å². The molecule has 7 heteroatoms. The number of hydrogen-bond donors (Lipinski definition) is 0. The van der Waals surface area contributed by atoms with Crippen molar-refractivity contribution in [1.82, 2.24) is 3.97 Å². The topological polar surface area (TPSA) is 39.1 Å². The van der Waals surface area contributed by atoms with Gasteiger partial charge in [-0.1, -0.05) is 0 Å². The zero-order chi connectivity index (χ0) is 13.5. The Bertz CT molecular complexity index is 710. The van der Waals surface area contributed by atoms with Crippen LogP contribution in [0.25, 0.3) is 0 Å². The van der Waals surface area contributed by atoms with Crippen molar-refractivity contribution in [2.24, 2.45) is 0 Å². The maximum absolute atomic E-state index is 13.5. The van der Waals surface area contributed by atoms with Crippen LogP contribution in [0.2, 0.25) is 0 Å². The lowest BCUT2D eigenvalue weighted by Crippen LogP contribution is -2.14. The van der Waals surface area contributed by atoms with E-state index >= 15 is 0 Å². The molecule has 3 nitrogen and oxygen atoms in total. The first-order chi connectivity index (χ1) is 8.32. The van der Waals surface area contributed by atoms with Gasteiger partial charge in [0.1, 0.15) is 21.1 Å². The molecular formula is C11H7BrF2NO2S. The Kier molecular flexibility index (Phi) is 3.29. The molecule has 0 atom stereocenters. The van der Waals surface area contributed by atoms with E-state index in [0.29, 0.717) is 11.6 Å². The summed E-state index contributed by atoms with van der Waals surface area (Å²) in [6.45, 7) is 3.57. The van der Waals surface area contributed by atoms with E-state index in [1.807, 2.05) is 0 Å². The Hall–Kier alpha value is -1.21. The summed E-state index contributed by atoms with van der Waals surface area (Å²) in [5.41, 5.74) is 0.433. The predicted molar refractivity (Wildman–Crippen MR) is 65.5 cm³/mol. The quantitative estimate of drug-likeness (QED) is 0.847. The fraction of sp³-hybridized carbons (Fsp3) is 0. The largest absolute Gasteiger partial charge is 0.271 e. The molecule has 0 bridgehead atoms. The molecule has 2 aromatic rings. The Balaban J connectivity index is 2.69. The van der Waals surface area contributed by atoms with Crippen LogP contribution < -0.4 is 0 Å². The number of rotatable bonds is 2. The van der Waals surface area contributed by atoms with Gasteiger partial charge in [0, 0.05) is 6.20 Å². The third-order valence-corrected chi connectivity index (χ3v) is 4.76. The van der Waals surface area contributed by atoms with E-state index < -0.39 is 26.6 Å². The van der Waals surface area contributed by atoms with Gasteiger partial charge in [-0.25, -0.2) is 21.2 Å². The number of nitrogens with zero attached hydrogens (tertiary/aromatic N) is 1. The summed E-state index contributed by atoms with van der Waals surface area (Å²) in [6.07, 6.45) is 1.21. The second-order valence-electron chi connectivity index (χ2n) is 3.55. The van der Waals surface area contributed by atoms with Gasteiger partial charge in [0.05, 0.1) is 0 Å². The highest BCUT2D eigenvalue weighted by molar-refractivity contribution is 9.10. The average molecular weight is 335 g/mol. The van der Waals surface area contributed by atoms with Crippen LogP contribution in [0, 0.1) is 18.6 Å². The van der Waals surface area contributed by atoms with E-state index in [2.05, 4.69) is 22.9 Å². The van der Waals surface area contributed by atoms with E-state index in [4.69, 9.17) is 0 Å². The number of aromatic nitrogens is 1. The standard InChI is InChI=1S/C11H7BrF2NO2S/c1-7-4-11(12)15(6-7)18(16,17)10-5-8(13)2-3-9(10)14/h2-6H,1H2. The molecule has 1 aromatic heterocycles. The van der Waals surface area contributed by atoms with Crippen LogP contribution in [0.5, 0.6) is 0 Å². The van der Waals surface area contributed by atoms with Gasteiger partial charge < -0.3 is 0 Å². The summed E-state index contributed by atoms with van der Waals surface area (Å²) in [4.78, 5) is -0.723. The minimum atomic E-state index is -4.19. The molecule has 0 spiro atoms. The van der Waals surface area contributed by atoms with Crippen LogP contribution in [0.1, 0.15) is 5.56 Å². The van der Waals surface area contributed by atoms with Gasteiger partial charge in [-0.3, -0.25) is 0 Å². The highest BCUT2D eigenvalue weighted by atomic mass is 79.9. The molecular weight excluding hydrogens is 328 g/mol. The molecule has 0 fully saturated rings. The van der Waals surface area contributed by atoms with Gasteiger partial charge in [0.25, 0.3) is 10.0 Å². The normalized spacial score (nSPS) is 11.8. The smallest absolute Gasteiger partial charge is 0.235 e. The first-order valence-corrected chi connectivity index (χ1v) is 6.96. The van der Waals surface area contributed by atoms with Gasteiger partial charge in [-0.05, 0) is 52.7 Å². The minimum Gasteiger partial charge on any atom is -0.235 e. The van der Waals surface area contributed by atoms with Gasteiger partial charge in [-0.2, -0.15) is 0 Å². The summed E-state index contributed by atoms with van der Waals surface area (Å²) >= 11 is 3.02. The van der Waals surface area contributed by atoms with Gasteiger partial charge >= 0.3 is 0 Å². The molecule has 18 heavy (non-hydrogen) atoms. The summed E-state index contributed by atoms with van der Waals surface area (Å²) in [6, 6.07) is 3.71. The fourth-order valence-corrected chi connectivity index (χ4v) is 3.74. The lowest BCUT2D eigenvalue weighted by Gasteiger charge is -2.08. The van der Waals surface area contributed by atoms with Crippen LogP contribution in [0.3, 0.4) is 0 Å². The molecule has 1 radical (unpaired) electrons. The predicted octanol–water partition coefficient (Wildman–Crippen LogP) is 2.95. The summed E-state index contributed by atoms with van der Waals surface area (Å²) in [5.74, 6) is -1.84. The Morgan fingerprint density at radius 3 is 2.44 bits per heavy atom. The van der Waals surface area contributed by atoms with Gasteiger partial charge in [0.2, 0.25) is 0 Å². The monoisotopic (exact) mass is 334 g/mol. The highest BCUT2D eigenvalue weighted by Crippen LogP contribution is 2.24. The first kappa shape index (κ1) is 13.2. The molecule has 95 valence electrons. The SMILES string of the molecule is [CH2]c1cc(Br)n(S(=O)(=O)c2cc(F)ccc2F)c1. The minimum absolute atomic E-state index is 0.191. The Morgan fingerprint density at radius 1 is 1.22 bits per heavy atom. The molecule has 0 aliphatic rings. The van der Waals surface area contributed by atoms with Gasteiger partial charge in [0.15, 0.2) is 0 Å². The van der Waals surface area contributed by atoms with Crippen LogP contribution in [-0.4, -0.2) is 12.4 Å². The molecule has 1 heterocycles. The Labute approximate surface area is 111 Å². The molecule has 0 aliphatic heterocycles. The zero-order valence-corrected chi connectivity index (χ0v) is 11.3. The average Bonchev–Trinajstić information content (AvgIpc) is 2.62. The first-order valence-electron chi connectivity index (χ1n) is 4.73. The van der Waals surface area contributed by atoms with E-state index in [1.165, 1.54) is 12.3 Å². The summed E-state index contributed by atoms with van der Waals surface area (Å²) < 4.78 is 51.8. The van der Waals surface area contributed by atoms with Crippen LogP contribution >= 0.6 is 15.9 Å². The van der Waals surface area contributed by atoms with Crippen molar-refractivity contribution in [3.63, 3.8) is 0 Å². The Morgan fingerprint density at radius 2 is 1.89 bits per heavy atom. The van der Waals surface area contributed by atoms with Crippen LogP contribution in [0.4, 0.5) is 8.78 Å². The van der Waals surface area contributed by atoms with Crippen molar-refractivity contribution < 1.29 is 17.2 Å². The second kappa shape index (κ2) is 4.47. The number of halogens is 3. The van der Waals surface area contributed by atoms with Crippen molar-refractivity contribution in [2.45, 2.75) is 4.90 Å². The third kappa shape index (κ3) is 2.20. The highest BCUT2D eigenvalue weighted by Gasteiger charge is 2.23. The van der Waals surface area contributed by atoms with Crippen LogP contribution in [0.15, 0.2) is 40.0 Å². The molecule has 0 aliphatic carbocycles. The van der Waals surface area contributed by atoms with Crippen molar-refractivity contribution in [2.75, 3.05) is 0 Å². The molecule has 2 rings (SSSR count). The molecule has 0 saturated heterocycles. The van der Waals surface area contributed by atoms with Crippen molar-refractivity contribution in [3.05, 3.63) is 59.2 Å². The van der Waals surface area contributed by atoms with Crippen molar-refractivity contribution in [3.8, 4) is 0 Å². The number of benzene rings is 1. The van der Waals surface area contributed by atoms with Crippen molar-refractivity contribution >= 4 is 26.0 Å². The number of hydrogen-bond acceptors (Lipinski definition) is 2. The maximum Gasteiger partial charge on any atom is 0.271 e. The molecule has 0 saturated carbocycles. The van der Waals surface area contributed by atoms with Crippen LogP contribution in [-0.2, 0) is 10.0 Å². The fourth-order valence-electron chi connectivity index (χ4n) is 1.43. The van der Waals surface area contributed by atoms with Gasteiger partial charge in [-0.15, -0.1) is 0 Å². The molecule has 0 N–H and O–H groups in total. The van der Waals surface area contributed by atoms with Crippen molar-refractivity contribution in [1.29, 1.82) is 0 Å². The second-order valence-corrected chi connectivity index (χ2v) is 6.14. The lowest BCUT2D eigenvalue weighted by atomic mass is 10.3. The van der Waals surface area contributed by atoms with E-state index in [1.54, 1.807) is 0 Å². The summed E-state index contributed by atoms with van der Waals surface area (Å²) in [5, 5.41) is 0. The zero-order valence-electron chi connectivity index (χ0n) is 8.90. The lowest BCUT2D eigenvalue weighted by molar-refractivity contribution is 0.548. The molecule has 0 unspecified atom stereocenters. The molecule has 0 amide bonds. The van der Waals surface area contributed by atoms with E-state index in [0.717, 1.165) is 16.1 Å². The summed E-state index contributed by atoms with van der Waals surface area (Å²) in [7, 11) is -4.19. The maximum atomic E-state index is 13.5.